The lowest BCUT2D eigenvalue weighted by atomic mass is 10.1. The maximum atomic E-state index is 12.7. The zero-order chi connectivity index (χ0) is 25.9. The second-order valence-corrected chi connectivity index (χ2v) is 8.97. The van der Waals surface area contributed by atoms with Crippen molar-refractivity contribution >= 4 is 46.0 Å². The highest BCUT2D eigenvalue weighted by Crippen LogP contribution is 2.31. The van der Waals surface area contributed by atoms with Gasteiger partial charge in [-0.15, -0.1) is 0 Å². The average Bonchev–Trinajstić information content (AvgIpc) is 2.92. The van der Waals surface area contributed by atoms with Crippen LogP contribution in [0.15, 0.2) is 54.6 Å². The zero-order valence-corrected chi connectivity index (χ0v) is 21.0. The Morgan fingerprint density at radius 3 is 2.46 bits per heavy atom. The van der Waals surface area contributed by atoms with E-state index in [9.17, 15) is 4.79 Å². The summed E-state index contributed by atoms with van der Waals surface area (Å²) in [5.41, 5.74) is 15.4. The summed E-state index contributed by atoms with van der Waals surface area (Å²) in [6.45, 7) is 2.13. The topological polar surface area (TPSA) is 133 Å². The number of aromatic nitrogens is 3. The number of anilines is 3. The summed E-state index contributed by atoms with van der Waals surface area (Å²) in [5, 5.41) is 0.613. The van der Waals surface area contributed by atoms with Crippen LogP contribution in [0, 0.1) is 0 Å². The van der Waals surface area contributed by atoms with Gasteiger partial charge in [-0.1, -0.05) is 17.7 Å². The maximum absolute atomic E-state index is 12.7. The highest BCUT2D eigenvalue weighted by atomic mass is 35.5. The summed E-state index contributed by atoms with van der Waals surface area (Å²) in [7, 11) is 1.58. The summed E-state index contributed by atoms with van der Waals surface area (Å²) in [6, 6.07) is 16.2. The number of benzene rings is 2. The predicted octanol–water partition coefficient (Wildman–Crippen LogP) is 3.25. The molecule has 4 N–H and O–H groups in total. The van der Waals surface area contributed by atoms with Crippen LogP contribution in [0.4, 0.5) is 17.5 Å². The Kier molecular flexibility index (Phi) is 6.82. The standard InChI is InChI=1S/C26H26ClN7O3/c1-36-22-14-16(2-7-19(22)28)20-8-9-21-24(30-20)25(32-26(29)31-21)34-12-10-33(11-13-34)23(35)15-37-18-5-3-17(27)4-6-18/h2-9,14H,10-13,15,28H2,1H3,(H2,29,31,32). The normalized spacial score (nSPS) is 13.6. The van der Waals surface area contributed by atoms with E-state index in [4.69, 9.17) is 37.5 Å². The van der Waals surface area contributed by atoms with Crippen LogP contribution in [0.1, 0.15) is 0 Å². The van der Waals surface area contributed by atoms with Gasteiger partial charge in [-0.25, -0.2) is 9.97 Å². The largest absolute Gasteiger partial charge is 0.495 e. The van der Waals surface area contributed by atoms with Gasteiger partial charge in [-0.2, -0.15) is 4.98 Å². The number of rotatable bonds is 6. The summed E-state index contributed by atoms with van der Waals surface area (Å²) in [5.74, 6) is 1.89. The third-order valence-electron chi connectivity index (χ3n) is 6.18. The van der Waals surface area contributed by atoms with Crippen LogP contribution in [0.5, 0.6) is 11.5 Å². The van der Waals surface area contributed by atoms with Crippen LogP contribution in [-0.2, 0) is 4.79 Å². The minimum Gasteiger partial charge on any atom is -0.495 e. The van der Waals surface area contributed by atoms with Crippen molar-refractivity contribution in [3.05, 3.63) is 59.6 Å². The van der Waals surface area contributed by atoms with Crippen molar-refractivity contribution in [2.45, 2.75) is 0 Å². The molecule has 0 unspecified atom stereocenters. The molecule has 1 amide bonds. The summed E-state index contributed by atoms with van der Waals surface area (Å²) >= 11 is 5.90. The van der Waals surface area contributed by atoms with E-state index in [1.807, 2.05) is 24.3 Å². The minimum absolute atomic E-state index is 0.0407. The van der Waals surface area contributed by atoms with Crippen LogP contribution in [0.2, 0.25) is 5.02 Å². The predicted molar refractivity (Wildman–Crippen MR) is 144 cm³/mol. The highest BCUT2D eigenvalue weighted by Gasteiger charge is 2.25. The lowest BCUT2D eigenvalue weighted by Crippen LogP contribution is -2.50. The SMILES string of the molecule is COc1cc(-c2ccc3nc(N)nc(N4CCN(C(=O)COc5ccc(Cl)cc5)CC4)c3n2)ccc1N. The van der Waals surface area contributed by atoms with Crippen molar-refractivity contribution in [2.75, 3.05) is 56.3 Å². The number of ether oxygens (including phenoxy) is 2. The van der Waals surface area contributed by atoms with Crippen LogP contribution in [0.25, 0.3) is 22.3 Å². The fourth-order valence-corrected chi connectivity index (χ4v) is 4.33. The molecule has 10 nitrogen and oxygen atoms in total. The molecule has 190 valence electrons. The molecule has 4 aromatic rings. The van der Waals surface area contributed by atoms with Crippen molar-refractivity contribution in [3.63, 3.8) is 0 Å². The maximum Gasteiger partial charge on any atom is 0.260 e. The van der Waals surface area contributed by atoms with Gasteiger partial charge in [0.05, 0.1) is 24.0 Å². The number of hydrogen-bond acceptors (Lipinski definition) is 9. The van der Waals surface area contributed by atoms with Crippen LogP contribution in [0.3, 0.4) is 0 Å². The second-order valence-electron chi connectivity index (χ2n) is 8.54. The van der Waals surface area contributed by atoms with Gasteiger partial charge in [-0.3, -0.25) is 4.79 Å². The van der Waals surface area contributed by atoms with Gasteiger partial charge in [0.2, 0.25) is 5.95 Å². The van der Waals surface area contributed by atoms with E-state index in [1.165, 1.54) is 0 Å². The fourth-order valence-electron chi connectivity index (χ4n) is 4.20. The van der Waals surface area contributed by atoms with E-state index in [2.05, 4.69) is 14.9 Å². The molecule has 3 heterocycles. The number of nitrogens with zero attached hydrogens (tertiary/aromatic N) is 5. The van der Waals surface area contributed by atoms with Gasteiger partial charge in [-0.05, 0) is 48.5 Å². The molecule has 1 aliphatic heterocycles. The van der Waals surface area contributed by atoms with Crippen molar-refractivity contribution in [1.82, 2.24) is 19.9 Å². The molecule has 0 radical (unpaired) electrons. The molecule has 1 saturated heterocycles. The number of methoxy groups -OCH3 is 1. The summed E-state index contributed by atoms with van der Waals surface area (Å²) < 4.78 is 11.0. The molecule has 37 heavy (non-hydrogen) atoms. The molecule has 0 aliphatic carbocycles. The second kappa shape index (κ2) is 10.4. The molecule has 1 fully saturated rings. The number of nitrogens with two attached hydrogens (primary N) is 2. The van der Waals surface area contributed by atoms with Crippen LogP contribution in [-0.4, -0.2) is 65.7 Å². The molecule has 2 aromatic heterocycles. The van der Waals surface area contributed by atoms with E-state index in [-0.39, 0.29) is 18.5 Å². The van der Waals surface area contributed by atoms with Crippen molar-refractivity contribution in [2.24, 2.45) is 0 Å². The molecule has 11 heteroatoms. The van der Waals surface area contributed by atoms with Crippen molar-refractivity contribution in [1.29, 1.82) is 0 Å². The van der Waals surface area contributed by atoms with Gasteiger partial charge in [0.25, 0.3) is 5.91 Å². The molecule has 0 atom stereocenters. The number of carbonyl (C=O) groups excluding carboxylic acids is 1. The van der Waals surface area contributed by atoms with Crippen molar-refractivity contribution in [3.8, 4) is 22.8 Å². The highest BCUT2D eigenvalue weighted by molar-refractivity contribution is 6.30. The van der Waals surface area contributed by atoms with Crippen molar-refractivity contribution < 1.29 is 14.3 Å². The molecule has 2 aromatic carbocycles. The first-order chi connectivity index (χ1) is 17.9. The van der Waals surface area contributed by atoms with E-state index < -0.39 is 0 Å². The Bertz CT molecular complexity index is 1440. The Hall–Kier alpha value is -4.31. The Balaban J connectivity index is 1.32. The smallest absolute Gasteiger partial charge is 0.260 e. The Morgan fingerprint density at radius 1 is 0.973 bits per heavy atom. The Morgan fingerprint density at radius 2 is 1.73 bits per heavy atom. The summed E-state index contributed by atoms with van der Waals surface area (Å²) in [4.78, 5) is 30.3. The third-order valence-corrected chi connectivity index (χ3v) is 6.43. The quantitative estimate of drug-likeness (QED) is 0.368. The van der Waals surface area contributed by atoms with Crippen LogP contribution >= 0.6 is 11.6 Å². The molecule has 0 spiro atoms. The van der Waals surface area contributed by atoms with E-state index >= 15 is 0 Å². The molecular formula is C26H26ClN7O3. The van der Waals surface area contributed by atoms with Gasteiger partial charge in [0.15, 0.2) is 12.4 Å². The van der Waals surface area contributed by atoms with Crippen LogP contribution < -0.4 is 25.8 Å². The number of nitrogen functional groups attached to an aromatic ring is 2. The molecular weight excluding hydrogens is 494 g/mol. The van der Waals surface area contributed by atoms with Gasteiger partial charge >= 0.3 is 0 Å². The third kappa shape index (κ3) is 5.29. The Labute approximate surface area is 218 Å². The monoisotopic (exact) mass is 519 g/mol. The van der Waals surface area contributed by atoms with Gasteiger partial charge < -0.3 is 30.7 Å². The van der Waals surface area contributed by atoms with Gasteiger partial charge in [0, 0.05) is 36.8 Å². The van der Waals surface area contributed by atoms with E-state index in [0.29, 0.717) is 65.2 Å². The number of hydrogen-bond donors (Lipinski definition) is 2. The number of amides is 1. The number of fused-ring (bicyclic) bond motifs is 1. The first kappa shape index (κ1) is 24.4. The molecule has 0 saturated carbocycles. The number of pyridine rings is 1. The fraction of sp³-hybridized carbons (Fsp3) is 0.231. The zero-order valence-electron chi connectivity index (χ0n) is 20.2. The first-order valence-corrected chi connectivity index (χ1v) is 12.1. The number of halogens is 1. The minimum atomic E-state index is -0.0839. The average molecular weight is 520 g/mol. The first-order valence-electron chi connectivity index (χ1n) is 11.7. The lowest BCUT2D eigenvalue weighted by Gasteiger charge is -2.35. The molecule has 0 bridgehead atoms. The van der Waals surface area contributed by atoms with E-state index in [0.717, 1.165) is 11.3 Å². The summed E-state index contributed by atoms with van der Waals surface area (Å²) in [6.07, 6.45) is 0. The molecule has 5 rings (SSSR count). The lowest BCUT2D eigenvalue weighted by molar-refractivity contribution is -0.133. The molecule has 1 aliphatic rings. The number of carbonyl (C=O) groups is 1. The van der Waals surface area contributed by atoms with Gasteiger partial charge in [0.1, 0.15) is 17.0 Å². The van der Waals surface area contributed by atoms with E-state index in [1.54, 1.807) is 42.3 Å². The number of piperazine rings is 1.